The number of fused-ring (bicyclic) bond motifs is 4. The Labute approximate surface area is 185 Å². The largest absolute Gasteiger partial charge is 0.490 e. The van der Waals surface area contributed by atoms with Crippen LogP contribution in [0.25, 0.3) is 32.5 Å². The Morgan fingerprint density at radius 3 is 2.38 bits per heavy atom. The molecule has 1 N–H and O–H groups in total. The molecular weight excluding hydrogens is 400 g/mol. The number of furan rings is 1. The van der Waals surface area contributed by atoms with Gasteiger partial charge in [-0.15, -0.1) is 0 Å². The van der Waals surface area contributed by atoms with Gasteiger partial charge in [0.15, 0.2) is 5.76 Å². The molecule has 1 aromatic heterocycles. The Bertz CT molecular complexity index is 1480. The molecule has 0 atom stereocenters. The average molecular weight is 422 g/mol. The zero-order chi connectivity index (χ0) is 22.1. The van der Waals surface area contributed by atoms with Crippen LogP contribution < -0.4 is 10.2 Å². The van der Waals surface area contributed by atoms with Crippen molar-refractivity contribution in [1.29, 1.82) is 0 Å². The van der Waals surface area contributed by atoms with Gasteiger partial charge in [0.05, 0.1) is 12.3 Å². The van der Waals surface area contributed by atoms with Crippen molar-refractivity contribution < 1.29 is 13.9 Å². The van der Waals surface area contributed by atoms with E-state index in [9.17, 15) is 4.79 Å². The molecule has 0 fully saturated rings. The van der Waals surface area contributed by atoms with Crippen molar-refractivity contribution in [2.45, 2.75) is 20.0 Å². The summed E-state index contributed by atoms with van der Waals surface area (Å²) in [4.78, 5) is 12.7. The van der Waals surface area contributed by atoms with Gasteiger partial charge in [-0.1, -0.05) is 60.7 Å². The zero-order valence-electron chi connectivity index (χ0n) is 17.8. The van der Waals surface area contributed by atoms with Crippen LogP contribution in [-0.2, 0) is 0 Å². The monoisotopic (exact) mass is 422 g/mol. The Morgan fingerprint density at radius 2 is 1.59 bits per heavy atom. The molecule has 5 rings (SSSR count). The van der Waals surface area contributed by atoms with Crippen LogP contribution in [0.4, 0.5) is 0 Å². The molecule has 0 saturated carbocycles. The van der Waals surface area contributed by atoms with E-state index in [0.717, 1.165) is 32.5 Å². The van der Waals surface area contributed by atoms with E-state index in [1.54, 1.807) is 12.3 Å². The molecule has 32 heavy (non-hydrogen) atoms. The SMILES string of the molecule is CC(C)Oc1ccc2ccccc2c1C=NNC(=O)c1cc2c(ccc3ccccc32)o1. The Kier molecular flexibility index (Phi) is 5.07. The number of amides is 1. The maximum Gasteiger partial charge on any atom is 0.307 e. The molecule has 1 heterocycles. The number of nitrogens with one attached hydrogen (secondary N) is 1. The first-order chi connectivity index (χ1) is 15.6. The van der Waals surface area contributed by atoms with Gasteiger partial charge >= 0.3 is 5.91 Å². The number of hydrogen-bond acceptors (Lipinski definition) is 4. The summed E-state index contributed by atoms with van der Waals surface area (Å²) in [5, 5.41) is 9.32. The summed E-state index contributed by atoms with van der Waals surface area (Å²) in [5.41, 5.74) is 4.06. The standard InChI is InChI=1S/C27H22N2O3/c1-17(2)31-25-14-12-19-8-4-6-10-21(19)23(25)16-28-29-27(30)26-15-22-20-9-5-3-7-18(20)11-13-24(22)32-26/h3-17H,1-2H3,(H,29,30). The van der Waals surface area contributed by atoms with Crippen LogP contribution in [0.3, 0.4) is 0 Å². The van der Waals surface area contributed by atoms with Gasteiger partial charge in [0.25, 0.3) is 0 Å². The third-order valence-corrected chi connectivity index (χ3v) is 5.30. The van der Waals surface area contributed by atoms with Crippen LogP contribution in [0.15, 0.2) is 88.4 Å². The number of ether oxygens (including phenoxy) is 1. The van der Waals surface area contributed by atoms with Gasteiger partial charge in [0, 0.05) is 10.9 Å². The summed E-state index contributed by atoms with van der Waals surface area (Å²) in [5.74, 6) is 0.519. The van der Waals surface area contributed by atoms with E-state index >= 15 is 0 Å². The molecule has 0 saturated heterocycles. The van der Waals surface area contributed by atoms with Crippen LogP contribution in [0, 0.1) is 0 Å². The summed E-state index contributed by atoms with van der Waals surface area (Å²) < 4.78 is 11.7. The third kappa shape index (κ3) is 3.69. The fourth-order valence-electron chi connectivity index (χ4n) is 3.88. The van der Waals surface area contributed by atoms with Crippen molar-refractivity contribution in [3.63, 3.8) is 0 Å². The minimum absolute atomic E-state index is 0.0169. The van der Waals surface area contributed by atoms with Gasteiger partial charge in [-0.05, 0) is 53.6 Å². The van der Waals surface area contributed by atoms with Gasteiger partial charge in [-0.2, -0.15) is 5.10 Å². The highest BCUT2D eigenvalue weighted by molar-refractivity contribution is 6.09. The number of nitrogens with zero attached hydrogens (tertiary/aromatic N) is 1. The van der Waals surface area contributed by atoms with Crippen molar-refractivity contribution in [3.8, 4) is 5.75 Å². The fraction of sp³-hybridized carbons (Fsp3) is 0.111. The lowest BCUT2D eigenvalue weighted by molar-refractivity contribution is 0.0929. The van der Waals surface area contributed by atoms with E-state index in [0.29, 0.717) is 11.3 Å². The van der Waals surface area contributed by atoms with Gasteiger partial charge < -0.3 is 9.15 Å². The van der Waals surface area contributed by atoms with Gasteiger partial charge in [0.1, 0.15) is 11.3 Å². The minimum Gasteiger partial charge on any atom is -0.490 e. The van der Waals surface area contributed by atoms with Crippen molar-refractivity contribution in [1.82, 2.24) is 5.43 Å². The molecule has 0 radical (unpaired) electrons. The highest BCUT2D eigenvalue weighted by Gasteiger charge is 2.14. The second-order valence-electron chi connectivity index (χ2n) is 7.87. The van der Waals surface area contributed by atoms with Gasteiger partial charge in [-0.25, -0.2) is 5.43 Å². The molecule has 0 unspecified atom stereocenters. The molecule has 158 valence electrons. The first kappa shape index (κ1) is 19.8. The maximum atomic E-state index is 12.7. The van der Waals surface area contributed by atoms with E-state index in [2.05, 4.69) is 10.5 Å². The molecule has 4 aromatic carbocycles. The predicted molar refractivity (Wildman–Crippen MR) is 128 cm³/mol. The molecule has 5 heteroatoms. The molecule has 0 spiro atoms. The molecule has 0 aliphatic rings. The molecule has 0 bridgehead atoms. The number of carbonyl (C=O) groups is 1. The summed E-state index contributed by atoms with van der Waals surface area (Å²) in [7, 11) is 0. The first-order valence-electron chi connectivity index (χ1n) is 10.5. The van der Waals surface area contributed by atoms with Crippen LogP contribution in [0.5, 0.6) is 5.75 Å². The molecule has 1 amide bonds. The number of rotatable bonds is 5. The van der Waals surface area contributed by atoms with E-state index < -0.39 is 5.91 Å². The third-order valence-electron chi connectivity index (χ3n) is 5.30. The lowest BCUT2D eigenvalue weighted by atomic mass is 10.0. The normalized spacial score (nSPS) is 11.7. The highest BCUT2D eigenvalue weighted by atomic mass is 16.5. The first-order valence-corrected chi connectivity index (χ1v) is 10.5. The molecular formula is C27H22N2O3. The zero-order valence-corrected chi connectivity index (χ0v) is 17.8. The van der Waals surface area contributed by atoms with Crippen LogP contribution in [0.1, 0.15) is 30.0 Å². The number of hydrazone groups is 1. The van der Waals surface area contributed by atoms with E-state index in [1.165, 1.54) is 0 Å². The van der Waals surface area contributed by atoms with E-state index in [-0.39, 0.29) is 11.9 Å². The van der Waals surface area contributed by atoms with E-state index in [1.807, 2.05) is 86.6 Å². The van der Waals surface area contributed by atoms with Crippen LogP contribution in [-0.4, -0.2) is 18.2 Å². The average Bonchev–Trinajstić information content (AvgIpc) is 3.25. The lowest BCUT2D eigenvalue weighted by Crippen LogP contribution is -2.17. The lowest BCUT2D eigenvalue weighted by Gasteiger charge is -2.14. The molecule has 0 aliphatic heterocycles. The quantitative estimate of drug-likeness (QED) is 0.267. The highest BCUT2D eigenvalue weighted by Crippen LogP contribution is 2.29. The van der Waals surface area contributed by atoms with E-state index in [4.69, 9.17) is 9.15 Å². The number of benzene rings is 4. The second kappa shape index (κ2) is 8.19. The second-order valence-corrected chi connectivity index (χ2v) is 7.87. The maximum absolute atomic E-state index is 12.7. The van der Waals surface area contributed by atoms with Gasteiger partial charge in [0.2, 0.25) is 0 Å². The minimum atomic E-state index is -0.409. The summed E-state index contributed by atoms with van der Waals surface area (Å²) in [6.45, 7) is 3.95. The molecule has 5 nitrogen and oxygen atoms in total. The summed E-state index contributed by atoms with van der Waals surface area (Å²) >= 11 is 0. The fourth-order valence-corrected chi connectivity index (χ4v) is 3.88. The summed E-state index contributed by atoms with van der Waals surface area (Å²) in [6.07, 6.45) is 1.64. The predicted octanol–water partition coefficient (Wildman–Crippen LogP) is 6.29. The Balaban J connectivity index is 1.44. The molecule has 0 aliphatic carbocycles. The van der Waals surface area contributed by atoms with Gasteiger partial charge in [-0.3, -0.25) is 4.79 Å². The smallest absolute Gasteiger partial charge is 0.307 e. The topological polar surface area (TPSA) is 63.8 Å². The van der Waals surface area contributed by atoms with Crippen molar-refractivity contribution >= 4 is 44.6 Å². The van der Waals surface area contributed by atoms with Crippen molar-refractivity contribution in [2.24, 2.45) is 5.10 Å². The number of hydrogen-bond donors (Lipinski definition) is 1. The van der Waals surface area contributed by atoms with Crippen molar-refractivity contribution in [2.75, 3.05) is 0 Å². The van der Waals surface area contributed by atoms with Crippen LogP contribution >= 0.6 is 0 Å². The van der Waals surface area contributed by atoms with Crippen molar-refractivity contribution in [3.05, 3.63) is 90.2 Å². The Hall–Kier alpha value is -4.12. The summed E-state index contributed by atoms with van der Waals surface area (Å²) in [6, 6.07) is 25.6. The number of carbonyl (C=O) groups excluding carboxylic acids is 1. The van der Waals surface area contributed by atoms with Crippen LogP contribution in [0.2, 0.25) is 0 Å². The Morgan fingerprint density at radius 1 is 0.906 bits per heavy atom. The molecule has 5 aromatic rings.